The molecule has 0 saturated carbocycles. The van der Waals surface area contributed by atoms with Crippen LogP contribution in [0.15, 0.2) is 48.5 Å². The lowest BCUT2D eigenvalue weighted by atomic mass is 9.86. The van der Waals surface area contributed by atoms with Gasteiger partial charge in [0.15, 0.2) is 6.10 Å². The normalized spacial score (nSPS) is 12.2. The molecule has 152 valence electrons. The SMILES string of the molecule is CC[C@@H](Oc1cccc(OC)c1)C(=O)NCCOc1ccccc1C(C)(C)C. The van der Waals surface area contributed by atoms with Crippen molar-refractivity contribution >= 4 is 5.91 Å². The van der Waals surface area contributed by atoms with Crippen LogP contribution in [0, 0.1) is 0 Å². The van der Waals surface area contributed by atoms with Crippen molar-refractivity contribution in [1.82, 2.24) is 5.32 Å². The van der Waals surface area contributed by atoms with E-state index in [1.54, 1.807) is 13.2 Å². The largest absolute Gasteiger partial charge is 0.497 e. The fourth-order valence-electron chi connectivity index (χ4n) is 2.82. The lowest BCUT2D eigenvalue weighted by Crippen LogP contribution is -2.39. The molecule has 5 nitrogen and oxygen atoms in total. The van der Waals surface area contributed by atoms with Crippen LogP contribution >= 0.6 is 0 Å². The molecule has 1 N–H and O–H groups in total. The average Bonchev–Trinajstić information content (AvgIpc) is 2.69. The molecule has 0 spiro atoms. The number of rotatable bonds is 9. The molecule has 0 saturated heterocycles. The molecule has 2 rings (SSSR count). The molecule has 0 aromatic heterocycles. The summed E-state index contributed by atoms with van der Waals surface area (Å²) in [5.74, 6) is 2.00. The number of methoxy groups -OCH3 is 1. The predicted molar refractivity (Wildman–Crippen MR) is 111 cm³/mol. The van der Waals surface area contributed by atoms with Crippen LogP contribution in [0.2, 0.25) is 0 Å². The van der Waals surface area contributed by atoms with E-state index >= 15 is 0 Å². The Labute approximate surface area is 168 Å². The van der Waals surface area contributed by atoms with E-state index < -0.39 is 6.10 Å². The highest BCUT2D eigenvalue weighted by molar-refractivity contribution is 5.81. The van der Waals surface area contributed by atoms with Crippen LogP contribution in [0.5, 0.6) is 17.2 Å². The maximum Gasteiger partial charge on any atom is 0.261 e. The molecule has 0 heterocycles. The zero-order valence-corrected chi connectivity index (χ0v) is 17.5. The Hall–Kier alpha value is -2.69. The van der Waals surface area contributed by atoms with Crippen molar-refractivity contribution in [3.05, 3.63) is 54.1 Å². The van der Waals surface area contributed by atoms with Gasteiger partial charge in [-0.25, -0.2) is 0 Å². The van der Waals surface area contributed by atoms with Crippen molar-refractivity contribution in [2.24, 2.45) is 0 Å². The Morgan fingerprint density at radius 3 is 2.46 bits per heavy atom. The fraction of sp³-hybridized carbons (Fsp3) is 0.435. The van der Waals surface area contributed by atoms with E-state index in [-0.39, 0.29) is 11.3 Å². The van der Waals surface area contributed by atoms with E-state index in [0.29, 0.717) is 31.1 Å². The minimum Gasteiger partial charge on any atom is -0.497 e. The smallest absolute Gasteiger partial charge is 0.261 e. The Morgan fingerprint density at radius 1 is 1.07 bits per heavy atom. The first-order chi connectivity index (χ1) is 13.3. The summed E-state index contributed by atoms with van der Waals surface area (Å²) in [5.41, 5.74) is 1.15. The molecule has 0 bridgehead atoms. The minimum atomic E-state index is -0.561. The van der Waals surface area contributed by atoms with Crippen LogP contribution in [-0.2, 0) is 10.2 Å². The Balaban J connectivity index is 1.86. The molecule has 1 atom stereocenters. The number of benzene rings is 2. The molecule has 2 aromatic carbocycles. The third kappa shape index (κ3) is 6.19. The summed E-state index contributed by atoms with van der Waals surface area (Å²) in [6.45, 7) is 9.18. The summed E-state index contributed by atoms with van der Waals surface area (Å²) in [5, 5.41) is 2.89. The fourth-order valence-corrected chi connectivity index (χ4v) is 2.82. The highest BCUT2D eigenvalue weighted by atomic mass is 16.5. The monoisotopic (exact) mass is 385 g/mol. The molecular formula is C23H31NO4. The Morgan fingerprint density at radius 2 is 1.79 bits per heavy atom. The molecule has 0 aliphatic heterocycles. The maximum absolute atomic E-state index is 12.4. The molecule has 0 unspecified atom stereocenters. The third-order valence-electron chi connectivity index (χ3n) is 4.34. The van der Waals surface area contributed by atoms with Gasteiger partial charge in [0.25, 0.3) is 5.91 Å². The molecule has 0 fully saturated rings. The molecular weight excluding hydrogens is 354 g/mol. The first-order valence-electron chi connectivity index (χ1n) is 9.66. The highest BCUT2D eigenvalue weighted by Gasteiger charge is 2.20. The summed E-state index contributed by atoms with van der Waals surface area (Å²) < 4.78 is 16.9. The van der Waals surface area contributed by atoms with Crippen molar-refractivity contribution in [3.8, 4) is 17.2 Å². The maximum atomic E-state index is 12.4. The molecule has 28 heavy (non-hydrogen) atoms. The van der Waals surface area contributed by atoms with Gasteiger partial charge in [-0.05, 0) is 35.6 Å². The predicted octanol–water partition coefficient (Wildman–Crippen LogP) is 4.35. The summed E-state index contributed by atoms with van der Waals surface area (Å²) in [4.78, 5) is 12.4. The van der Waals surface area contributed by atoms with Crippen LogP contribution < -0.4 is 19.5 Å². The zero-order valence-electron chi connectivity index (χ0n) is 17.5. The number of ether oxygens (including phenoxy) is 3. The molecule has 1 amide bonds. The van der Waals surface area contributed by atoms with Gasteiger partial charge in [-0.1, -0.05) is 52.0 Å². The zero-order chi connectivity index (χ0) is 20.6. The summed E-state index contributed by atoms with van der Waals surface area (Å²) >= 11 is 0. The van der Waals surface area contributed by atoms with Crippen LogP contribution in [0.4, 0.5) is 0 Å². The number of amides is 1. The van der Waals surface area contributed by atoms with E-state index in [4.69, 9.17) is 14.2 Å². The Bertz CT molecular complexity index is 767. The van der Waals surface area contributed by atoms with Gasteiger partial charge in [0.2, 0.25) is 0 Å². The van der Waals surface area contributed by atoms with Gasteiger partial charge < -0.3 is 19.5 Å². The van der Waals surface area contributed by atoms with Crippen molar-refractivity contribution in [2.45, 2.75) is 45.6 Å². The number of carbonyl (C=O) groups excluding carboxylic acids is 1. The van der Waals surface area contributed by atoms with E-state index in [1.165, 1.54) is 0 Å². The van der Waals surface area contributed by atoms with Crippen LogP contribution in [0.25, 0.3) is 0 Å². The first kappa shape index (κ1) is 21.6. The number of carbonyl (C=O) groups is 1. The quantitative estimate of drug-likeness (QED) is 0.652. The summed E-state index contributed by atoms with van der Waals surface area (Å²) in [6, 6.07) is 15.2. The van der Waals surface area contributed by atoms with Crippen LogP contribution in [-0.4, -0.2) is 32.3 Å². The van der Waals surface area contributed by atoms with Gasteiger partial charge >= 0.3 is 0 Å². The topological polar surface area (TPSA) is 56.8 Å². The molecule has 0 radical (unpaired) electrons. The van der Waals surface area contributed by atoms with Crippen LogP contribution in [0.3, 0.4) is 0 Å². The van der Waals surface area contributed by atoms with E-state index in [9.17, 15) is 4.79 Å². The van der Waals surface area contributed by atoms with Gasteiger partial charge in [0.05, 0.1) is 13.7 Å². The Kier molecular flexibility index (Phi) is 7.73. The van der Waals surface area contributed by atoms with Crippen molar-refractivity contribution in [2.75, 3.05) is 20.3 Å². The second-order valence-electron chi connectivity index (χ2n) is 7.58. The second kappa shape index (κ2) is 10.0. The number of nitrogens with one attached hydrogen (secondary N) is 1. The van der Waals surface area contributed by atoms with E-state index in [1.807, 2.05) is 43.3 Å². The lowest BCUT2D eigenvalue weighted by molar-refractivity contribution is -0.128. The molecule has 5 heteroatoms. The second-order valence-corrected chi connectivity index (χ2v) is 7.58. The van der Waals surface area contributed by atoms with Gasteiger partial charge in [0, 0.05) is 6.07 Å². The summed E-state index contributed by atoms with van der Waals surface area (Å²) in [6.07, 6.45) is 0.00509. The molecule has 0 aliphatic carbocycles. The van der Waals surface area contributed by atoms with Gasteiger partial charge in [0.1, 0.15) is 23.9 Å². The van der Waals surface area contributed by atoms with E-state index in [2.05, 4.69) is 32.2 Å². The van der Waals surface area contributed by atoms with Gasteiger partial charge in [-0.3, -0.25) is 4.79 Å². The van der Waals surface area contributed by atoms with Crippen molar-refractivity contribution in [3.63, 3.8) is 0 Å². The standard InChI is InChI=1S/C23H31NO4/c1-6-20(28-18-11-9-10-17(16-18)26-5)22(25)24-14-15-27-21-13-8-7-12-19(21)23(2,3)4/h7-13,16,20H,6,14-15H2,1-5H3,(H,24,25)/t20-/m1/s1. The average molecular weight is 386 g/mol. The number of hydrogen-bond acceptors (Lipinski definition) is 4. The van der Waals surface area contributed by atoms with Gasteiger partial charge in [-0.15, -0.1) is 0 Å². The third-order valence-corrected chi connectivity index (χ3v) is 4.34. The number of hydrogen-bond donors (Lipinski definition) is 1. The number of para-hydroxylation sites is 1. The lowest BCUT2D eigenvalue weighted by Gasteiger charge is -2.23. The molecule has 2 aromatic rings. The molecule has 0 aliphatic rings. The van der Waals surface area contributed by atoms with Crippen molar-refractivity contribution in [1.29, 1.82) is 0 Å². The minimum absolute atomic E-state index is 0.00225. The van der Waals surface area contributed by atoms with Crippen molar-refractivity contribution < 1.29 is 19.0 Å². The van der Waals surface area contributed by atoms with Crippen LogP contribution in [0.1, 0.15) is 39.7 Å². The summed E-state index contributed by atoms with van der Waals surface area (Å²) in [7, 11) is 1.60. The first-order valence-corrected chi connectivity index (χ1v) is 9.66. The highest BCUT2D eigenvalue weighted by Crippen LogP contribution is 2.30. The van der Waals surface area contributed by atoms with E-state index in [0.717, 1.165) is 11.3 Å². The van der Waals surface area contributed by atoms with Gasteiger partial charge in [-0.2, -0.15) is 0 Å².